The van der Waals surface area contributed by atoms with Crippen LogP contribution in [0.4, 0.5) is 4.79 Å². The van der Waals surface area contributed by atoms with Crippen molar-refractivity contribution in [2.24, 2.45) is 0 Å². The van der Waals surface area contributed by atoms with Crippen molar-refractivity contribution in [3.05, 3.63) is 47.4 Å². The van der Waals surface area contributed by atoms with Crippen molar-refractivity contribution in [2.45, 2.75) is 89.0 Å². The van der Waals surface area contributed by atoms with Crippen LogP contribution >= 0.6 is 0 Å². The molecule has 1 saturated carbocycles. The van der Waals surface area contributed by atoms with E-state index in [1.807, 2.05) is 11.1 Å². The first-order chi connectivity index (χ1) is 15.9. The molecule has 176 valence electrons. The Morgan fingerprint density at radius 2 is 2.00 bits per heavy atom. The van der Waals surface area contributed by atoms with Crippen LogP contribution < -0.4 is 5.32 Å². The number of carbonyl (C=O) groups excluding carboxylic acids is 1. The lowest BCUT2D eigenvalue weighted by molar-refractivity contribution is 0.157. The van der Waals surface area contributed by atoms with Gasteiger partial charge in [0.15, 0.2) is 5.82 Å². The molecule has 2 fully saturated rings. The zero-order chi connectivity index (χ0) is 23.0. The van der Waals surface area contributed by atoms with Crippen molar-refractivity contribution in [3.63, 3.8) is 0 Å². The fourth-order valence-corrected chi connectivity index (χ4v) is 4.91. The fraction of sp³-hybridized carbons (Fsp3) is 0.615. The van der Waals surface area contributed by atoms with Crippen molar-refractivity contribution in [1.29, 1.82) is 0 Å². The zero-order valence-electron chi connectivity index (χ0n) is 20.0. The maximum Gasteiger partial charge on any atom is 0.317 e. The van der Waals surface area contributed by atoms with E-state index in [-0.39, 0.29) is 17.5 Å². The van der Waals surface area contributed by atoms with E-state index < -0.39 is 0 Å². The van der Waals surface area contributed by atoms with Gasteiger partial charge in [-0.2, -0.15) is 4.98 Å². The van der Waals surface area contributed by atoms with E-state index in [9.17, 15) is 4.79 Å². The van der Waals surface area contributed by atoms with Gasteiger partial charge in [0, 0.05) is 36.3 Å². The van der Waals surface area contributed by atoms with Gasteiger partial charge < -0.3 is 14.7 Å². The first-order valence-corrected chi connectivity index (χ1v) is 12.5. The Bertz CT molecular complexity index is 1010. The van der Waals surface area contributed by atoms with Crippen LogP contribution in [-0.4, -0.2) is 45.2 Å². The van der Waals surface area contributed by atoms with Crippen LogP contribution in [0.3, 0.4) is 0 Å². The van der Waals surface area contributed by atoms with Gasteiger partial charge in [0.25, 0.3) is 0 Å². The average molecular weight is 450 g/mol. The van der Waals surface area contributed by atoms with Crippen LogP contribution in [0, 0.1) is 0 Å². The van der Waals surface area contributed by atoms with E-state index in [0.717, 1.165) is 67.9 Å². The molecule has 0 bridgehead atoms. The molecule has 2 aromatic rings. The molecule has 1 N–H and O–H groups in total. The van der Waals surface area contributed by atoms with E-state index >= 15 is 0 Å². The highest BCUT2D eigenvalue weighted by Gasteiger charge is 2.39. The maximum atomic E-state index is 13.2. The SMILES string of the molecule is CC(C)c1ccc(C2=CCCCC2NC(=O)N2CCC(C)(c3noc(C4CC4)n3)CC2)cn1. The van der Waals surface area contributed by atoms with Gasteiger partial charge in [0.1, 0.15) is 0 Å². The van der Waals surface area contributed by atoms with Gasteiger partial charge in [-0.15, -0.1) is 0 Å². The number of amides is 2. The molecule has 7 heteroatoms. The molecule has 0 spiro atoms. The highest BCUT2D eigenvalue weighted by Crippen LogP contribution is 2.41. The topological polar surface area (TPSA) is 84.2 Å². The van der Waals surface area contributed by atoms with Gasteiger partial charge in [-0.05, 0) is 68.1 Å². The normalized spacial score (nSPS) is 22.8. The summed E-state index contributed by atoms with van der Waals surface area (Å²) in [4.78, 5) is 24.4. The number of carbonyl (C=O) groups is 1. The lowest BCUT2D eigenvalue weighted by atomic mass is 9.79. The monoisotopic (exact) mass is 449 g/mol. The summed E-state index contributed by atoms with van der Waals surface area (Å²) in [6.07, 6.45) is 11.3. The van der Waals surface area contributed by atoms with Gasteiger partial charge in [0.05, 0.1) is 6.04 Å². The molecular weight excluding hydrogens is 414 g/mol. The predicted octanol–water partition coefficient (Wildman–Crippen LogP) is 5.16. The fourth-order valence-electron chi connectivity index (χ4n) is 4.91. The van der Waals surface area contributed by atoms with Gasteiger partial charge in [-0.3, -0.25) is 4.98 Å². The van der Waals surface area contributed by atoms with Crippen molar-refractivity contribution in [3.8, 4) is 0 Å². The minimum absolute atomic E-state index is 0.0217. The molecule has 1 saturated heterocycles. The summed E-state index contributed by atoms with van der Waals surface area (Å²) in [5.41, 5.74) is 3.27. The Kier molecular flexibility index (Phi) is 5.97. The van der Waals surface area contributed by atoms with E-state index in [0.29, 0.717) is 24.9 Å². The van der Waals surface area contributed by atoms with Crippen molar-refractivity contribution < 1.29 is 9.32 Å². The van der Waals surface area contributed by atoms with E-state index in [4.69, 9.17) is 4.52 Å². The number of hydrogen-bond acceptors (Lipinski definition) is 5. The molecule has 0 radical (unpaired) electrons. The number of hydrogen-bond donors (Lipinski definition) is 1. The Hall–Kier alpha value is -2.70. The molecule has 1 unspecified atom stereocenters. The molecule has 1 aliphatic heterocycles. The van der Waals surface area contributed by atoms with Crippen molar-refractivity contribution >= 4 is 11.6 Å². The number of piperidine rings is 1. The Morgan fingerprint density at radius 1 is 1.21 bits per heavy atom. The Balaban J connectivity index is 1.21. The number of aromatic nitrogens is 3. The van der Waals surface area contributed by atoms with Gasteiger partial charge >= 0.3 is 6.03 Å². The van der Waals surface area contributed by atoms with Crippen LogP contribution in [0.25, 0.3) is 5.57 Å². The van der Waals surface area contributed by atoms with Gasteiger partial charge in [-0.25, -0.2) is 4.79 Å². The molecule has 33 heavy (non-hydrogen) atoms. The molecule has 3 aliphatic rings. The molecular formula is C26H35N5O2. The third-order valence-electron chi connectivity index (χ3n) is 7.51. The number of rotatable bonds is 5. The second-order valence-corrected chi connectivity index (χ2v) is 10.5. The second kappa shape index (κ2) is 8.92. The van der Waals surface area contributed by atoms with Crippen LogP contribution in [0.2, 0.25) is 0 Å². The minimum Gasteiger partial charge on any atom is -0.339 e. The van der Waals surface area contributed by atoms with Gasteiger partial charge in [-0.1, -0.05) is 38.1 Å². The number of nitrogens with one attached hydrogen (secondary N) is 1. The zero-order valence-corrected chi connectivity index (χ0v) is 20.0. The van der Waals surface area contributed by atoms with Crippen LogP contribution in [0.1, 0.15) is 101 Å². The summed E-state index contributed by atoms with van der Waals surface area (Å²) in [5, 5.41) is 7.59. The van der Waals surface area contributed by atoms with Gasteiger partial charge in [0.2, 0.25) is 5.89 Å². The minimum atomic E-state index is -0.132. The second-order valence-electron chi connectivity index (χ2n) is 10.5. The number of likely N-dealkylation sites (tertiary alicyclic amines) is 1. The molecule has 2 aliphatic carbocycles. The number of nitrogens with zero attached hydrogens (tertiary/aromatic N) is 4. The third kappa shape index (κ3) is 4.68. The Labute approximate surface area is 196 Å². The van der Waals surface area contributed by atoms with E-state index in [2.05, 4.69) is 59.4 Å². The summed E-state index contributed by atoms with van der Waals surface area (Å²) in [6.45, 7) is 7.90. The molecule has 2 amide bonds. The first kappa shape index (κ1) is 22.1. The highest BCUT2D eigenvalue weighted by atomic mass is 16.5. The lowest BCUT2D eigenvalue weighted by Gasteiger charge is -2.38. The molecule has 5 rings (SSSR count). The molecule has 7 nitrogen and oxygen atoms in total. The average Bonchev–Trinajstić information content (AvgIpc) is 3.55. The number of urea groups is 1. The van der Waals surface area contributed by atoms with E-state index in [1.54, 1.807) is 0 Å². The Morgan fingerprint density at radius 3 is 2.67 bits per heavy atom. The third-order valence-corrected chi connectivity index (χ3v) is 7.51. The quantitative estimate of drug-likeness (QED) is 0.681. The molecule has 3 heterocycles. The lowest BCUT2D eigenvalue weighted by Crippen LogP contribution is -2.51. The summed E-state index contributed by atoms with van der Waals surface area (Å²) < 4.78 is 5.49. The first-order valence-electron chi connectivity index (χ1n) is 12.5. The van der Waals surface area contributed by atoms with E-state index in [1.165, 1.54) is 5.57 Å². The summed E-state index contributed by atoms with van der Waals surface area (Å²) >= 11 is 0. The van der Waals surface area contributed by atoms with Crippen molar-refractivity contribution in [2.75, 3.05) is 13.1 Å². The summed E-state index contributed by atoms with van der Waals surface area (Å²) in [5.74, 6) is 2.47. The smallest absolute Gasteiger partial charge is 0.317 e. The molecule has 0 aromatic carbocycles. The van der Waals surface area contributed by atoms with Crippen molar-refractivity contribution in [1.82, 2.24) is 25.3 Å². The number of allylic oxidation sites excluding steroid dienone is 1. The number of pyridine rings is 1. The summed E-state index contributed by atoms with van der Waals surface area (Å²) in [7, 11) is 0. The van der Waals surface area contributed by atoms with Crippen LogP contribution in [-0.2, 0) is 5.41 Å². The van der Waals surface area contributed by atoms with Crippen LogP contribution in [0.15, 0.2) is 28.9 Å². The maximum absolute atomic E-state index is 13.2. The van der Waals surface area contributed by atoms with Crippen LogP contribution in [0.5, 0.6) is 0 Å². The molecule has 2 aromatic heterocycles. The predicted molar refractivity (Wildman–Crippen MR) is 127 cm³/mol. The summed E-state index contributed by atoms with van der Waals surface area (Å²) in [6, 6.07) is 4.30. The molecule has 1 atom stereocenters. The highest BCUT2D eigenvalue weighted by molar-refractivity contribution is 5.80. The standard InChI is InChI=1S/C26H35N5O2/c1-17(2)21-11-10-19(16-27-21)20-6-4-5-7-22(20)28-25(32)31-14-12-26(3,13-15-31)24-29-23(33-30-24)18-8-9-18/h6,10-11,16-18,22H,4-5,7-9,12-15H2,1-3H3,(H,28,32). The largest absolute Gasteiger partial charge is 0.339 e.